The zero-order chi connectivity index (χ0) is 19.9. The highest BCUT2D eigenvalue weighted by atomic mass is 16.5. The molecule has 0 aromatic heterocycles. The molecule has 1 aromatic carbocycles. The molecule has 28 heavy (non-hydrogen) atoms. The zero-order valence-corrected chi connectivity index (χ0v) is 16.4. The Morgan fingerprint density at radius 2 is 1.89 bits per heavy atom. The number of ether oxygens (including phenoxy) is 1. The van der Waals surface area contributed by atoms with E-state index in [1.54, 1.807) is 12.0 Å². The maximum atomic E-state index is 13.0. The normalized spacial score (nSPS) is 19.8. The fourth-order valence-corrected chi connectivity index (χ4v) is 4.09. The Morgan fingerprint density at radius 3 is 2.54 bits per heavy atom. The third kappa shape index (κ3) is 5.14. The van der Waals surface area contributed by atoms with Crippen molar-refractivity contribution in [3.63, 3.8) is 0 Å². The molecule has 2 heterocycles. The topological polar surface area (TPSA) is 94.1 Å². The highest BCUT2D eigenvalue weighted by Crippen LogP contribution is 2.22. The first kappa shape index (κ1) is 20.4. The average molecular weight is 390 g/mol. The lowest BCUT2D eigenvalue weighted by atomic mass is 9.89. The second-order valence-corrected chi connectivity index (χ2v) is 7.43. The monoisotopic (exact) mass is 390 g/mol. The van der Waals surface area contributed by atoms with E-state index in [2.05, 4.69) is 21.6 Å². The molecule has 154 valence electrons. The van der Waals surface area contributed by atoms with E-state index in [0.29, 0.717) is 13.1 Å². The number of benzene rings is 1. The van der Waals surface area contributed by atoms with E-state index in [-0.39, 0.29) is 11.8 Å². The predicted octanol–water partition coefficient (Wildman–Crippen LogP) is 0.975. The molecule has 0 aliphatic carbocycles. The highest BCUT2D eigenvalue weighted by molar-refractivity contribution is 5.85. The van der Waals surface area contributed by atoms with Crippen molar-refractivity contribution in [1.29, 1.82) is 0 Å². The number of para-hydroxylation sites is 1. The molecule has 0 radical (unpaired) electrons. The summed E-state index contributed by atoms with van der Waals surface area (Å²) in [5.41, 5.74) is 1.13. The largest absolute Gasteiger partial charge is 0.496 e. The van der Waals surface area contributed by atoms with Crippen LogP contribution in [0.5, 0.6) is 5.75 Å². The Bertz CT molecular complexity index is 670. The maximum Gasteiger partial charge on any atom is 0.405 e. The van der Waals surface area contributed by atoms with Crippen molar-refractivity contribution in [2.75, 3.05) is 46.4 Å². The summed E-state index contributed by atoms with van der Waals surface area (Å²) in [6, 6.07) is 7.31. The van der Waals surface area contributed by atoms with E-state index in [0.717, 1.165) is 56.9 Å². The molecule has 1 atom stereocenters. The van der Waals surface area contributed by atoms with Gasteiger partial charge in [-0.3, -0.25) is 9.69 Å². The Labute approximate surface area is 165 Å². The molecule has 3 N–H and O–H groups in total. The summed E-state index contributed by atoms with van der Waals surface area (Å²) in [7, 11) is 1.67. The standard InChI is InChI=1S/C20H30N4O4/c1-28-17-5-3-2-4-16(17)14-23-10-12-24(13-11-23)19(25)18(22-20(26)27)15-6-8-21-9-7-15/h2-5,15,18,21-22H,6-14H2,1H3,(H,26,27). The van der Waals surface area contributed by atoms with Crippen LogP contribution < -0.4 is 15.4 Å². The maximum absolute atomic E-state index is 13.0. The number of methoxy groups -OCH3 is 1. The molecule has 0 saturated carbocycles. The fourth-order valence-electron chi connectivity index (χ4n) is 4.09. The van der Waals surface area contributed by atoms with E-state index in [1.807, 2.05) is 18.2 Å². The second-order valence-electron chi connectivity index (χ2n) is 7.43. The van der Waals surface area contributed by atoms with Crippen molar-refractivity contribution in [3.8, 4) is 5.75 Å². The number of piperazine rings is 1. The molecular weight excluding hydrogens is 360 g/mol. The molecule has 0 bridgehead atoms. The third-order valence-corrected chi connectivity index (χ3v) is 5.67. The molecule has 2 aliphatic heterocycles. The number of hydrogen-bond donors (Lipinski definition) is 3. The van der Waals surface area contributed by atoms with Crippen LogP contribution in [0.4, 0.5) is 4.79 Å². The number of nitrogens with zero attached hydrogens (tertiary/aromatic N) is 2. The molecular formula is C20H30N4O4. The van der Waals surface area contributed by atoms with Gasteiger partial charge in [-0.1, -0.05) is 18.2 Å². The first-order valence-corrected chi connectivity index (χ1v) is 9.91. The van der Waals surface area contributed by atoms with Gasteiger partial charge < -0.3 is 25.4 Å². The van der Waals surface area contributed by atoms with Crippen LogP contribution in [0.15, 0.2) is 24.3 Å². The molecule has 2 fully saturated rings. The first-order valence-electron chi connectivity index (χ1n) is 9.91. The van der Waals surface area contributed by atoms with Crippen molar-refractivity contribution >= 4 is 12.0 Å². The lowest BCUT2D eigenvalue weighted by Gasteiger charge is -2.38. The molecule has 2 aliphatic rings. The summed E-state index contributed by atoms with van der Waals surface area (Å²) in [6.07, 6.45) is 0.487. The quantitative estimate of drug-likeness (QED) is 0.670. The van der Waals surface area contributed by atoms with Gasteiger partial charge in [-0.2, -0.15) is 0 Å². The van der Waals surface area contributed by atoms with Gasteiger partial charge in [-0.25, -0.2) is 4.79 Å². The van der Waals surface area contributed by atoms with Crippen LogP contribution in [-0.2, 0) is 11.3 Å². The minimum atomic E-state index is -1.13. The van der Waals surface area contributed by atoms with Crippen molar-refractivity contribution in [2.45, 2.75) is 25.4 Å². The van der Waals surface area contributed by atoms with Crippen molar-refractivity contribution in [1.82, 2.24) is 20.4 Å². The van der Waals surface area contributed by atoms with Crippen molar-refractivity contribution < 1.29 is 19.4 Å². The van der Waals surface area contributed by atoms with E-state index in [4.69, 9.17) is 4.74 Å². The summed E-state index contributed by atoms with van der Waals surface area (Å²) < 4.78 is 5.42. The number of rotatable bonds is 6. The van der Waals surface area contributed by atoms with Crippen LogP contribution in [0.25, 0.3) is 0 Å². The highest BCUT2D eigenvalue weighted by Gasteiger charge is 2.35. The van der Waals surface area contributed by atoms with Crippen LogP contribution in [0.3, 0.4) is 0 Å². The van der Waals surface area contributed by atoms with E-state index in [1.165, 1.54) is 0 Å². The third-order valence-electron chi connectivity index (χ3n) is 5.67. The van der Waals surface area contributed by atoms with Gasteiger partial charge >= 0.3 is 6.09 Å². The molecule has 0 spiro atoms. The van der Waals surface area contributed by atoms with Gasteiger partial charge in [0.05, 0.1) is 7.11 Å². The zero-order valence-electron chi connectivity index (χ0n) is 16.4. The molecule has 1 aromatic rings. The number of nitrogens with one attached hydrogen (secondary N) is 2. The van der Waals surface area contributed by atoms with Gasteiger partial charge in [0.1, 0.15) is 11.8 Å². The van der Waals surface area contributed by atoms with Gasteiger partial charge in [-0.15, -0.1) is 0 Å². The Morgan fingerprint density at radius 1 is 1.21 bits per heavy atom. The second kappa shape index (κ2) is 9.75. The molecule has 2 saturated heterocycles. The van der Waals surface area contributed by atoms with Crippen LogP contribution in [0.2, 0.25) is 0 Å². The summed E-state index contributed by atoms with van der Waals surface area (Å²) >= 11 is 0. The Hall–Kier alpha value is -2.32. The molecule has 3 rings (SSSR count). The number of piperidine rings is 1. The predicted molar refractivity (Wildman–Crippen MR) is 105 cm³/mol. The minimum Gasteiger partial charge on any atom is -0.496 e. The van der Waals surface area contributed by atoms with Gasteiger partial charge in [0, 0.05) is 38.3 Å². The summed E-state index contributed by atoms with van der Waals surface area (Å²) in [5.74, 6) is 0.834. The lowest BCUT2D eigenvalue weighted by Crippen LogP contribution is -2.57. The number of amides is 2. The molecule has 8 heteroatoms. The fraction of sp³-hybridized carbons (Fsp3) is 0.600. The Kier molecular flexibility index (Phi) is 7.11. The lowest BCUT2D eigenvalue weighted by molar-refractivity contribution is -0.136. The van der Waals surface area contributed by atoms with Gasteiger partial charge in [0.15, 0.2) is 0 Å². The van der Waals surface area contributed by atoms with Crippen molar-refractivity contribution in [3.05, 3.63) is 29.8 Å². The van der Waals surface area contributed by atoms with Crippen LogP contribution in [-0.4, -0.2) is 79.3 Å². The van der Waals surface area contributed by atoms with E-state index >= 15 is 0 Å². The summed E-state index contributed by atoms with van der Waals surface area (Å²) in [6.45, 7) is 5.15. The Balaban J connectivity index is 1.57. The molecule has 1 unspecified atom stereocenters. The number of carboxylic acid groups (broad SMARTS) is 1. The SMILES string of the molecule is COc1ccccc1CN1CCN(C(=O)C(NC(=O)O)C2CCNCC2)CC1. The van der Waals surface area contributed by atoms with E-state index < -0.39 is 12.1 Å². The van der Waals surface area contributed by atoms with Crippen LogP contribution >= 0.6 is 0 Å². The number of carbonyl (C=O) groups excluding carboxylic acids is 1. The van der Waals surface area contributed by atoms with Crippen molar-refractivity contribution in [2.24, 2.45) is 5.92 Å². The molecule has 8 nitrogen and oxygen atoms in total. The first-order chi connectivity index (χ1) is 13.6. The van der Waals surface area contributed by atoms with E-state index in [9.17, 15) is 14.7 Å². The summed E-state index contributed by atoms with van der Waals surface area (Å²) in [4.78, 5) is 28.4. The molecule has 2 amide bonds. The average Bonchev–Trinajstić information content (AvgIpc) is 2.73. The van der Waals surface area contributed by atoms with Crippen LogP contribution in [0.1, 0.15) is 18.4 Å². The van der Waals surface area contributed by atoms with Gasteiger partial charge in [0.25, 0.3) is 0 Å². The van der Waals surface area contributed by atoms with Crippen LogP contribution in [0, 0.1) is 5.92 Å². The van der Waals surface area contributed by atoms with Gasteiger partial charge in [-0.05, 0) is 37.9 Å². The summed E-state index contributed by atoms with van der Waals surface area (Å²) in [5, 5.41) is 14.9. The minimum absolute atomic E-state index is 0.0523. The smallest absolute Gasteiger partial charge is 0.405 e. The number of carbonyl (C=O) groups is 2. The number of hydrogen-bond acceptors (Lipinski definition) is 5. The van der Waals surface area contributed by atoms with Gasteiger partial charge in [0.2, 0.25) is 5.91 Å².